The largest absolute Gasteiger partial charge is 0.478 e. The van der Waals surface area contributed by atoms with Gasteiger partial charge in [-0.25, -0.2) is 14.2 Å². The van der Waals surface area contributed by atoms with Crippen LogP contribution < -0.4 is 0 Å². The Morgan fingerprint density at radius 2 is 1.91 bits per heavy atom. The highest BCUT2D eigenvalue weighted by atomic mass is 79.9. The van der Waals surface area contributed by atoms with Crippen LogP contribution in [0.15, 0.2) is 53.0 Å². The number of fused-ring (bicyclic) bond motifs is 1. The first-order valence-electron chi connectivity index (χ1n) is 6.81. The smallest absolute Gasteiger partial charge is 0.336 e. The van der Waals surface area contributed by atoms with Crippen LogP contribution in [0.5, 0.6) is 0 Å². The number of carboxylic acid groups (broad SMARTS) is 1. The highest BCUT2D eigenvalue weighted by Gasteiger charge is 2.10. The molecule has 0 aliphatic carbocycles. The van der Waals surface area contributed by atoms with Crippen LogP contribution in [0, 0.1) is 5.82 Å². The molecule has 0 radical (unpaired) electrons. The third-order valence-corrected chi connectivity index (χ3v) is 3.96. The van der Waals surface area contributed by atoms with E-state index in [9.17, 15) is 14.3 Å². The Balaban J connectivity index is 2.04. The molecular weight excluding hydrogens is 361 g/mol. The lowest BCUT2D eigenvalue weighted by atomic mass is 10.1. The number of aromatic nitrogens is 1. The Bertz CT molecular complexity index is 937. The molecule has 0 atom stereocenters. The number of rotatable bonds is 3. The van der Waals surface area contributed by atoms with Crippen LogP contribution in [0.4, 0.5) is 4.39 Å². The van der Waals surface area contributed by atoms with Crippen molar-refractivity contribution in [3.8, 4) is 0 Å². The fourth-order valence-electron chi connectivity index (χ4n) is 2.26. The molecule has 5 heteroatoms. The van der Waals surface area contributed by atoms with Gasteiger partial charge in [-0.2, -0.15) is 0 Å². The van der Waals surface area contributed by atoms with Crippen LogP contribution in [0.25, 0.3) is 23.1 Å². The normalized spacial score (nSPS) is 11.2. The van der Waals surface area contributed by atoms with E-state index >= 15 is 0 Å². The number of nitrogens with zero attached hydrogens (tertiary/aromatic N) is 1. The molecule has 0 saturated carbocycles. The van der Waals surface area contributed by atoms with Gasteiger partial charge in [0.15, 0.2) is 0 Å². The maximum atomic E-state index is 13.2. The Morgan fingerprint density at radius 3 is 2.65 bits per heavy atom. The van der Waals surface area contributed by atoms with E-state index in [0.717, 1.165) is 5.56 Å². The molecule has 0 amide bonds. The highest BCUT2D eigenvalue weighted by molar-refractivity contribution is 9.10. The molecule has 0 bridgehead atoms. The van der Waals surface area contributed by atoms with Crippen molar-refractivity contribution >= 4 is 45.0 Å². The fraction of sp³-hybridized carbons (Fsp3) is 0. The molecule has 1 N–H and O–H groups in total. The van der Waals surface area contributed by atoms with Crippen molar-refractivity contribution in [1.29, 1.82) is 0 Å². The first-order chi connectivity index (χ1) is 11.0. The van der Waals surface area contributed by atoms with Crippen molar-refractivity contribution in [2.24, 2.45) is 0 Å². The lowest BCUT2D eigenvalue weighted by molar-refractivity contribution is 0.0699. The van der Waals surface area contributed by atoms with Crippen molar-refractivity contribution < 1.29 is 14.3 Å². The summed E-state index contributed by atoms with van der Waals surface area (Å²) in [6, 6.07) is 13.3. The van der Waals surface area contributed by atoms with Crippen molar-refractivity contribution in [1.82, 2.24) is 4.98 Å². The molecule has 1 heterocycles. The summed E-state index contributed by atoms with van der Waals surface area (Å²) in [7, 11) is 0. The third-order valence-electron chi connectivity index (χ3n) is 3.36. The Labute approximate surface area is 140 Å². The van der Waals surface area contributed by atoms with Gasteiger partial charge in [-0.05, 0) is 51.8 Å². The minimum absolute atomic E-state index is 0.204. The van der Waals surface area contributed by atoms with Gasteiger partial charge < -0.3 is 5.11 Å². The average Bonchev–Trinajstić information content (AvgIpc) is 2.55. The molecule has 0 spiro atoms. The maximum Gasteiger partial charge on any atom is 0.336 e. The van der Waals surface area contributed by atoms with Crippen molar-refractivity contribution in [2.45, 2.75) is 0 Å². The molecule has 0 fully saturated rings. The van der Waals surface area contributed by atoms with Gasteiger partial charge in [0.25, 0.3) is 0 Å². The Hall–Kier alpha value is -2.53. The number of hydrogen-bond acceptors (Lipinski definition) is 2. The summed E-state index contributed by atoms with van der Waals surface area (Å²) in [5.41, 5.74) is 2.13. The van der Waals surface area contributed by atoms with E-state index in [1.807, 2.05) is 6.07 Å². The van der Waals surface area contributed by atoms with E-state index in [1.165, 1.54) is 12.1 Å². The summed E-state index contributed by atoms with van der Waals surface area (Å²) in [4.78, 5) is 15.9. The fourth-order valence-corrected chi connectivity index (χ4v) is 2.65. The van der Waals surface area contributed by atoms with E-state index in [4.69, 9.17) is 0 Å². The van der Waals surface area contributed by atoms with Crippen molar-refractivity contribution in [3.05, 3.63) is 75.6 Å². The second-order valence-corrected chi connectivity index (χ2v) is 5.78. The number of benzene rings is 2. The number of hydrogen-bond donors (Lipinski definition) is 1. The van der Waals surface area contributed by atoms with Crippen LogP contribution in [0.3, 0.4) is 0 Å². The van der Waals surface area contributed by atoms with Gasteiger partial charge in [-0.3, -0.25) is 0 Å². The molecule has 0 aliphatic rings. The molecule has 2 aromatic carbocycles. The summed E-state index contributed by atoms with van der Waals surface area (Å²) in [6.07, 6.45) is 3.46. The number of aromatic carboxylic acids is 1. The number of carbonyl (C=O) groups is 1. The number of halogens is 2. The van der Waals surface area contributed by atoms with Crippen LogP contribution in [-0.2, 0) is 0 Å². The van der Waals surface area contributed by atoms with Gasteiger partial charge >= 0.3 is 5.97 Å². The molecule has 3 rings (SSSR count). The minimum atomic E-state index is -0.997. The van der Waals surface area contributed by atoms with E-state index in [1.54, 1.807) is 42.5 Å². The van der Waals surface area contributed by atoms with Gasteiger partial charge in [0, 0.05) is 5.39 Å². The summed E-state index contributed by atoms with van der Waals surface area (Å²) in [5.74, 6) is -1.33. The van der Waals surface area contributed by atoms with Gasteiger partial charge in [-0.1, -0.05) is 30.3 Å². The predicted octanol–water partition coefficient (Wildman–Crippen LogP) is 5.01. The second kappa shape index (κ2) is 6.30. The first-order valence-corrected chi connectivity index (χ1v) is 7.60. The number of pyridine rings is 1. The zero-order chi connectivity index (χ0) is 16.4. The standard InChI is InChI=1S/C18H11BrFNO2/c19-15-9-11(6-8-16(15)20)5-7-12-10-14(18(22)23)13-3-1-2-4-17(13)21-12/h1-10H,(H,22,23)/b7-5+. The summed E-state index contributed by atoms with van der Waals surface area (Å²) in [5, 5.41) is 9.96. The zero-order valence-corrected chi connectivity index (χ0v) is 13.4. The first kappa shape index (κ1) is 15.4. The Kier molecular flexibility index (Phi) is 4.21. The van der Waals surface area contributed by atoms with E-state index in [2.05, 4.69) is 20.9 Å². The van der Waals surface area contributed by atoms with Crippen molar-refractivity contribution in [3.63, 3.8) is 0 Å². The van der Waals surface area contributed by atoms with Crippen LogP contribution in [-0.4, -0.2) is 16.1 Å². The number of para-hydroxylation sites is 1. The van der Waals surface area contributed by atoms with Gasteiger partial charge in [-0.15, -0.1) is 0 Å². The molecule has 1 aromatic heterocycles. The molecule has 23 heavy (non-hydrogen) atoms. The lowest BCUT2D eigenvalue weighted by Gasteiger charge is -2.04. The number of carboxylic acids is 1. The second-order valence-electron chi connectivity index (χ2n) is 4.92. The quantitative estimate of drug-likeness (QED) is 0.704. The average molecular weight is 372 g/mol. The lowest BCUT2D eigenvalue weighted by Crippen LogP contribution is -2.00. The Morgan fingerprint density at radius 1 is 1.13 bits per heavy atom. The topological polar surface area (TPSA) is 50.2 Å². The summed E-state index contributed by atoms with van der Waals surface area (Å²) < 4.78 is 13.6. The van der Waals surface area contributed by atoms with Crippen LogP contribution >= 0.6 is 15.9 Å². The van der Waals surface area contributed by atoms with Crippen LogP contribution in [0.1, 0.15) is 21.6 Å². The third kappa shape index (κ3) is 3.29. The molecule has 0 aliphatic heterocycles. The summed E-state index contributed by atoms with van der Waals surface area (Å²) >= 11 is 3.13. The van der Waals surface area contributed by atoms with Gasteiger partial charge in [0.05, 0.1) is 21.2 Å². The highest BCUT2D eigenvalue weighted by Crippen LogP contribution is 2.21. The van der Waals surface area contributed by atoms with E-state index < -0.39 is 5.97 Å². The molecule has 3 aromatic rings. The van der Waals surface area contributed by atoms with Gasteiger partial charge in [0.2, 0.25) is 0 Å². The molecular formula is C18H11BrFNO2. The van der Waals surface area contributed by atoms with E-state index in [0.29, 0.717) is 21.1 Å². The molecule has 0 unspecified atom stereocenters. The minimum Gasteiger partial charge on any atom is -0.478 e. The maximum absolute atomic E-state index is 13.2. The SMILES string of the molecule is O=C(O)c1cc(/C=C/c2ccc(F)c(Br)c2)nc2ccccc12. The predicted molar refractivity (Wildman–Crippen MR) is 91.7 cm³/mol. The van der Waals surface area contributed by atoms with Gasteiger partial charge in [0.1, 0.15) is 5.82 Å². The monoisotopic (exact) mass is 371 g/mol. The molecule has 3 nitrogen and oxygen atoms in total. The molecule has 114 valence electrons. The summed E-state index contributed by atoms with van der Waals surface area (Å²) in [6.45, 7) is 0. The van der Waals surface area contributed by atoms with E-state index in [-0.39, 0.29) is 11.4 Å². The molecule has 0 saturated heterocycles. The van der Waals surface area contributed by atoms with Crippen LogP contribution in [0.2, 0.25) is 0 Å². The zero-order valence-electron chi connectivity index (χ0n) is 11.8. The van der Waals surface area contributed by atoms with Crippen molar-refractivity contribution in [2.75, 3.05) is 0 Å².